The van der Waals surface area contributed by atoms with Gasteiger partial charge in [0.1, 0.15) is 0 Å². The molecule has 2 N–H and O–H groups in total. The van der Waals surface area contributed by atoms with Gasteiger partial charge >= 0.3 is 0 Å². The van der Waals surface area contributed by atoms with Crippen LogP contribution in [0.4, 0.5) is 0 Å². The Balaban J connectivity index is 1.81. The maximum absolute atomic E-state index is 5.40. The maximum Gasteiger partial charge on any atom is 0.191 e. The van der Waals surface area contributed by atoms with E-state index in [9.17, 15) is 0 Å². The molecule has 0 spiro atoms. The molecule has 0 radical (unpaired) electrons. The van der Waals surface area contributed by atoms with Crippen LogP contribution in [-0.2, 0) is 22.6 Å². The summed E-state index contributed by atoms with van der Waals surface area (Å²) in [6, 6.07) is 8.70. The van der Waals surface area contributed by atoms with Crippen LogP contribution < -0.4 is 10.6 Å². The third-order valence-corrected chi connectivity index (χ3v) is 3.78. The van der Waals surface area contributed by atoms with Gasteiger partial charge in [-0.3, -0.25) is 9.89 Å². The first-order valence-corrected chi connectivity index (χ1v) is 8.13. The summed E-state index contributed by atoms with van der Waals surface area (Å²) in [5.74, 6) is 0.792. The lowest BCUT2D eigenvalue weighted by molar-refractivity contribution is 0.0342. The predicted octanol–water partition coefficient (Wildman–Crippen LogP) is 0.830. The summed E-state index contributed by atoms with van der Waals surface area (Å²) in [7, 11) is 3.47. The monoisotopic (exact) mass is 320 g/mol. The lowest BCUT2D eigenvalue weighted by Gasteiger charge is -2.26. The summed E-state index contributed by atoms with van der Waals surface area (Å²) in [4.78, 5) is 6.64. The second-order valence-corrected chi connectivity index (χ2v) is 5.55. The number of methoxy groups -OCH3 is 1. The first kappa shape index (κ1) is 17.7. The molecule has 6 nitrogen and oxygen atoms in total. The lowest BCUT2D eigenvalue weighted by atomic mass is 10.1. The van der Waals surface area contributed by atoms with E-state index in [-0.39, 0.29) is 0 Å². The Morgan fingerprint density at radius 1 is 1.26 bits per heavy atom. The number of benzene rings is 1. The molecule has 0 amide bonds. The molecule has 1 fully saturated rings. The van der Waals surface area contributed by atoms with Gasteiger partial charge in [0.05, 0.1) is 19.8 Å². The second-order valence-electron chi connectivity index (χ2n) is 5.55. The van der Waals surface area contributed by atoms with E-state index in [1.165, 1.54) is 11.1 Å². The predicted molar refractivity (Wildman–Crippen MR) is 92.6 cm³/mol. The fourth-order valence-corrected chi connectivity index (χ4v) is 2.53. The summed E-state index contributed by atoms with van der Waals surface area (Å²) in [5, 5.41) is 6.54. The first-order chi connectivity index (χ1) is 11.3. The minimum Gasteiger partial charge on any atom is -0.383 e. The normalized spacial score (nSPS) is 16.3. The number of nitrogens with zero attached hydrogens (tertiary/aromatic N) is 2. The van der Waals surface area contributed by atoms with Crippen LogP contribution in [0.15, 0.2) is 29.3 Å². The van der Waals surface area contributed by atoms with Crippen LogP contribution >= 0.6 is 0 Å². The van der Waals surface area contributed by atoms with Crippen molar-refractivity contribution >= 4 is 5.96 Å². The van der Waals surface area contributed by atoms with Crippen molar-refractivity contribution in [1.29, 1.82) is 0 Å². The summed E-state index contributed by atoms with van der Waals surface area (Å²) >= 11 is 0. The maximum atomic E-state index is 5.40. The van der Waals surface area contributed by atoms with E-state index < -0.39 is 0 Å². The average molecular weight is 320 g/mol. The molecule has 0 bridgehead atoms. The molecule has 2 rings (SSSR count). The van der Waals surface area contributed by atoms with Crippen molar-refractivity contribution in [2.45, 2.75) is 13.1 Å². The van der Waals surface area contributed by atoms with Gasteiger partial charge < -0.3 is 20.1 Å². The highest BCUT2D eigenvalue weighted by Gasteiger charge is 2.10. The van der Waals surface area contributed by atoms with Gasteiger partial charge in [0.2, 0.25) is 0 Å². The van der Waals surface area contributed by atoms with Crippen LogP contribution in [-0.4, -0.2) is 64.5 Å². The molecule has 0 unspecified atom stereocenters. The fraction of sp³-hybridized carbons (Fsp3) is 0.588. The Morgan fingerprint density at radius 3 is 2.78 bits per heavy atom. The van der Waals surface area contributed by atoms with Crippen molar-refractivity contribution in [3.05, 3.63) is 35.4 Å². The van der Waals surface area contributed by atoms with E-state index in [4.69, 9.17) is 9.47 Å². The van der Waals surface area contributed by atoms with Crippen molar-refractivity contribution in [2.24, 2.45) is 4.99 Å². The van der Waals surface area contributed by atoms with E-state index in [0.717, 1.165) is 51.9 Å². The molecule has 0 aliphatic carbocycles. The summed E-state index contributed by atoms with van der Waals surface area (Å²) < 4.78 is 10.4. The molecular formula is C17H28N4O2. The Morgan fingerprint density at radius 2 is 2.04 bits per heavy atom. The SMILES string of the molecule is CN=C(NCCOC)NCc1cccc(CN2CCOCC2)c1. The zero-order valence-electron chi connectivity index (χ0n) is 14.2. The Hall–Kier alpha value is -1.63. The van der Waals surface area contributed by atoms with Gasteiger partial charge in [-0.15, -0.1) is 0 Å². The number of aliphatic imine (C=N–C) groups is 1. The van der Waals surface area contributed by atoms with E-state index in [1.54, 1.807) is 14.2 Å². The Bertz CT molecular complexity index is 487. The highest BCUT2D eigenvalue weighted by Crippen LogP contribution is 2.10. The van der Waals surface area contributed by atoms with E-state index in [2.05, 4.69) is 44.8 Å². The minimum absolute atomic E-state index is 0.662. The van der Waals surface area contributed by atoms with Crippen molar-refractivity contribution < 1.29 is 9.47 Å². The first-order valence-electron chi connectivity index (χ1n) is 8.13. The highest BCUT2D eigenvalue weighted by atomic mass is 16.5. The van der Waals surface area contributed by atoms with Crippen LogP contribution in [0.25, 0.3) is 0 Å². The quantitative estimate of drug-likeness (QED) is 0.443. The van der Waals surface area contributed by atoms with Gasteiger partial charge in [-0.05, 0) is 11.1 Å². The molecule has 1 saturated heterocycles. The number of ether oxygens (including phenoxy) is 2. The smallest absolute Gasteiger partial charge is 0.191 e. The summed E-state index contributed by atoms with van der Waals surface area (Å²) in [5.41, 5.74) is 2.60. The van der Waals surface area contributed by atoms with E-state index in [0.29, 0.717) is 6.61 Å². The molecule has 1 aliphatic heterocycles. The molecule has 1 aliphatic rings. The van der Waals surface area contributed by atoms with Gasteiger partial charge in [-0.2, -0.15) is 0 Å². The lowest BCUT2D eigenvalue weighted by Crippen LogP contribution is -2.38. The number of hydrogen-bond donors (Lipinski definition) is 2. The van der Waals surface area contributed by atoms with Gasteiger partial charge in [0.25, 0.3) is 0 Å². The van der Waals surface area contributed by atoms with E-state index in [1.807, 2.05) is 0 Å². The average Bonchev–Trinajstić information content (AvgIpc) is 2.59. The number of nitrogens with one attached hydrogen (secondary N) is 2. The van der Waals surface area contributed by atoms with Crippen molar-refractivity contribution in [3.8, 4) is 0 Å². The zero-order chi connectivity index (χ0) is 16.3. The molecule has 1 heterocycles. The zero-order valence-corrected chi connectivity index (χ0v) is 14.2. The summed E-state index contributed by atoms with van der Waals surface area (Å²) in [6.45, 7) is 6.84. The Kier molecular flexibility index (Phi) is 7.86. The van der Waals surface area contributed by atoms with Crippen molar-refractivity contribution in [2.75, 3.05) is 53.6 Å². The van der Waals surface area contributed by atoms with Gasteiger partial charge in [-0.25, -0.2) is 0 Å². The summed E-state index contributed by atoms with van der Waals surface area (Å²) in [6.07, 6.45) is 0. The molecule has 0 saturated carbocycles. The molecule has 0 aromatic heterocycles. The van der Waals surface area contributed by atoms with Crippen LogP contribution in [0.5, 0.6) is 0 Å². The second kappa shape index (κ2) is 10.2. The van der Waals surface area contributed by atoms with E-state index >= 15 is 0 Å². The number of morpholine rings is 1. The van der Waals surface area contributed by atoms with Gasteiger partial charge in [-0.1, -0.05) is 24.3 Å². The van der Waals surface area contributed by atoms with Crippen molar-refractivity contribution in [1.82, 2.24) is 15.5 Å². The third-order valence-electron chi connectivity index (χ3n) is 3.78. The van der Waals surface area contributed by atoms with Crippen LogP contribution in [0.2, 0.25) is 0 Å². The highest BCUT2D eigenvalue weighted by molar-refractivity contribution is 5.79. The molecule has 1 aromatic rings. The van der Waals surface area contributed by atoms with Gasteiger partial charge in [0, 0.05) is 46.9 Å². The molecule has 0 atom stereocenters. The topological polar surface area (TPSA) is 58.1 Å². The largest absolute Gasteiger partial charge is 0.383 e. The molecular weight excluding hydrogens is 292 g/mol. The standard InChI is InChI=1S/C17H28N4O2/c1-18-17(19-6-9-22-2)20-13-15-4-3-5-16(12-15)14-21-7-10-23-11-8-21/h3-5,12H,6-11,13-14H2,1-2H3,(H2,18,19,20). The minimum atomic E-state index is 0.662. The van der Waals surface area contributed by atoms with Crippen LogP contribution in [0.1, 0.15) is 11.1 Å². The van der Waals surface area contributed by atoms with Crippen LogP contribution in [0, 0.1) is 0 Å². The third kappa shape index (κ3) is 6.56. The Labute approximate surface area is 138 Å². The van der Waals surface area contributed by atoms with Crippen molar-refractivity contribution in [3.63, 3.8) is 0 Å². The molecule has 1 aromatic carbocycles. The number of hydrogen-bond acceptors (Lipinski definition) is 4. The van der Waals surface area contributed by atoms with Gasteiger partial charge in [0.15, 0.2) is 5.96 Å². The number of rotatable bonds is 7. The molecule has 23 heavy (non-hydrogen) atoms. The fourth-order valence-electron chi connectivity index (χ4n) is 2.53. The molecule has 128 valence electrons. The number of guanidine groups is 1. The molecule has 6 heteroatoms. The van der Waals surface area contributed by atoms with Crippen LogP contribution in [0.3, 0.4) is 0 Å².